The number of anilines is 1. The lowest BCUT2D eigenvalue weighted by molar-refractivity contribution is 0.0955. The van der Waals surface area contributed by atoms with E-state index < -0.39 is 0 Å². The normalized spacial score (nSPS) is 10.6. The molecule has 0 spiro atoms. The minimum absolute atomic E-state index is 0. The molecule has 0 unspecified atom stereocenters. The van der Waals surface area contributed by atoms with E-state index >= 15 is 0 Å². The van der Waals surface area contributed by atoms with E-state index in [1.807, 2.05) is 32.0 Å². The Balaban J connectivity index is 0.00000450. The molecule has 1 amide bonds. The molecule has 0 saturated carbocycles. The molecule has 9 heteroatoms. The molecule has 0 bridgehead atoms. The Hall–Kier alpha value is -2.20. The van der Waals surface area contributed by atoms with Gasteiger partial charge in [-0.05, 0) is 38.1 Å². The van der Waals surface area contributed by atoms with Crippen LogP contribution in [-0.4, -0.2) is 45.2 Å². The highest BCUT2D eigenvalue weighted by molar-refractivity contribution is 14.0. The number of ether oxygens (including phenoxy) is 2. The SMILES string of the molecule is CCNC(=NCCNC(=O)c1ccccc1Cl)Nc1ccc(OCC)c(OC)c1.I. The fraction of sp³-hybridized carbons (Fsp3) is 0.333. The van der Waals surface area contributed by atoms with Gasteiger partial charge in [0, 0.05) is 24.8 Å². The number of hydrogen-bond acceptors (Lipinski definition) is 4. The third-order valence-electron chi connectivity index (χ3n) is 3.86. The molecule has 7 nitrogen and oxygen atoms in total. The maximum Gasteiger partial charge on any atom is 0.252 e. The summed E-state index contributed by atoms with van der Waals surface area (Å²) in [5.41, 5.74) is 1.26. The van der Waals surface area contributed by atoms with E-state index in [0.29, 0.717) is 54.3 Å². The van der Waals surface area contributed by atoms with Crippen molar-refractivity contribution in [1.82, 2.24) is 10.6 Å². The first kappa shape index (κ1) is 25.8. The van der Waals surface area contributed by atoms with Crippen LogP contribution >= 0.6 is 35.6 Å². The Morgan fingerprint density at radius 1 is 1.10 bits per heavy atom. The van der Waals surface area contributed by atoms with Crippen LogP contribution in [0.3, 0.4) is 0 Å². The predicted octanol–water partition coefficient (Wildman–Crippen LogP) is 4.17. The summed E-state index contributed by atoms with van der Waals surface area (Å²) in [5.74, 6) is 1.70. The zero-order valence-corrected chi connectivity index (χ0v) is 20.4. The number of nitrogens with one attached hydrogen (secondary N) is 3. The Morgan fingerprint density at radius 2 is 1.87 bits per heavy atom. The Labute approximate surface area is 199 Å². The molecule has 0 fully saturated rings. The summed E-state index contributed by atoms with van der Waals surface area (Å²) in [6, 6.07) is 12.5. The van der Waals surface area contributed by atoms with E-state index in [9.17, 15) is 4.79 Å². The second kappa shape index (κ2) is 13.9. The Kier molecular flexibility index (Phi) is 12.0. The molecule has 0 aliphatic heterocycles. The van der Waals surface area contributed by atoms with Gasteiger partial charge in [0.05, 0.1) is 30.8 Å². The van der Waals surface area contributed by atoms with E-state index in [4.69, 9.17) is 21.1 Å². The summed E-state index contributed by atoms with van der Waals surface area (Å²) in [4.78, 5) is 16.7. The lowest BCUT2D eigenvalue weighted by Crippen LogP contribution is -2.32. The van der Waals surface area contributed by atoms with Gasteiger partial charge in [-0.1, -0.05) is 23.7 Å². The quantitative estimate of drug-likeness (QED) is 0.190. The summed E-state index contributed by atoms with van der Waals surface area (Å²) in [6.07, 6.45) is 0. The number of aliphatic imine (C=N–C) groups is 1. The zero-order valence-electron chi connectivity index (χ0n) is 17.3. The number of nitrogens with zero attached hydrogens (tertiary/aromatic N) is 1. The summed E-state index contributed by atoms with van der Waals surface area (Å²) in [7, 11) is 1.60. The van der Waals surface area contributed by atoms with E-state index in [1.54, 1.807) is 31.4 Å². The monoisotopic (exact) mass is 546 g/mol. The maximum absolute atomic E-state index is 12.2. The number of carbonyl (C=O) groups is 1. The van der Waals surface area contributed by atoms with Crippen molar-refractivity contribution in [1.29, 1.82) is 0 Å². The summed E-state index contributed by atoms with van der Waals surface area (Å²) in [5, 5.41) is 9.64. The average molecular weight is 547 g/mol. The molecular formula is C21H28ClIN4O3. The third kappa shape index (κ3) is 7.91. The first-order valence-corrected chi connectivity index (χ1v) is 9.85. The highest BCUT2D eigenvalue weighted by Gasteiger charge is 2.09. The molecule has 3 N–H and O–H groups in total. The van der Waals surface area contributed by atoms with Gasteiger partial charge in [-0.15, -0.1) is 24.0 Å². The molecule has 0 radical (unpaired) electrons. The van der Waals surface area contributed by atoms with Gasteiger partial charge in [-0.25, -0.2) is 0 Å². The van der Waals surface area contributed by atoms with Crippen LogP contribution in [-0.2, 0) is 0 Å². The van der Waals surface area contributed by atoms with Crippen LogP contribution in [0.5, 0.6) is 11.5 Å². The van der Waals surface area contributed by atoms with Gasteiger partial charge < -0.3 is 25.4 Å². The molecule has 164 valence electrons. The predicted molar refractivity (Wildman–Crippen MR) is 133 cm³/mol. The molecule has 0 saturated heterocycles. The van der Waals surface area contributed by atoms with E-state index in [1.165, 1.54) is 0 Å². The number of guanidine groups is 1. The molecule has 0 aliphatic carbocycles. The number of benzene rings is 2. The molecule has 0 aliphatic rings. The summed E-state index contributed by atoms with van der Waals surface area (Å²) < 4.78 is 10.9. The Morgan fingerprint density at radius 3 is 2.53 bits per heavy atom. The van der Waals surface area contributed by atoms with Crippen molar-refractivity contribution < 1.29 is 14.3 Å². The number of carbonyl (C=O) groups excluding carboxylic acids is 1. The van der Waals surface area contributed by atoms with Crippen LogP contribution in [0, 0.1) is 0 Å². The summed E-state index contributed by atoms with van der Waals surface area (Å²) in [6.45, 7) is 5.95. The smallest absolute Gasteiger partial charge is 0.252 e. The minimum atomic E-state index is -0.222. The standard InChI is InChI=1S/C21H27ClN4O3.HI/c1-4-23-21(26-15-10-11-18(29-5-2)19(14-15)28-3)25-13-12-24-20(27)16-8-6-7-9-17(16)22;/h6-11,14H,4-5,12-13H2,1-3H3,(H,24,27)(H2,23,25,26);1H. The van der Waals surface area contributed by atoms with Crippen molar-refractivity contribution in [3.63, 3.8) is 0 Å². The van der Waals surface area contributed by atoms with Gasteiger partial charge in [0.2, 0.25) is 0 Å². The fourth-order valence-corrected chi connectivity index (χ4v) is 2.76. The lowest BCUT2D eigenvalue weighted by atomic mass is 10.2. The minimum Gasteiger partial charge on any atom is -0.493 e. The number of halogens is 2. The van der Waals surface area contributed by atoms with Gasteiger partial charge >= 0.3 is 0 Å². The van der Waals surface area contributed by atoms with Crippen LogP contribution < -0.4 is 25.4 Å². The van der Waals surface area contributed by atoms with Gasteiger partial charge in [0.15, 0.2) is 17.5 Å². The number of hydrogen-bond donors (Lipinski definition) is 3. The first-order chi connectivity index (χ1) is 14.1. The molecule has 0 atom stereocenters. The highest BCUT2D eigenvalue weighted by Crippen LogP contribution is 2.30. The second-order valence-electron chi connectivity index (χ2n) is 5.92. The molecule has 0 aromatic heterocycles. The average Bonchev–Trinajstić information content (AvgIpc) is 2.72. The van der Waals surface area contributed by atoms with Crippen molar-refractivity contribution in [3.05, 3.63) is 53.1 Å². The fourth-order valence-electron chi connectivity index (χ4n) is 2.54. The number of amides is 1. The largest absolute Gasteiger partial charge is 0.493 e. The van der Waals surface area contributed by atoms with Crippen molar-refractivity contribution >= 4 is 53.1 Å². The highest BCUT2D eigenvalue weighted by atomic mass is 127. The van der Waals surface area contributed by atoms with E-state index in [0.717, 1.165) is 5.69 Å². The van der Waals surface area contributed by atoms with Crippen molar-refractivity contribution in [2.75, 3.05) is 38.7 Å². The van der Waals surface area contributed by atoms with Gasteiger partial charge in [-0.3, -0.25) is 9.79 Å². The molecule has 2 rings (SSSR count). The maximum atomic E-state index is 12.2. The van der Waals surface area contributed by atoms with Crippen LogP contribution in [0.1, 0.15) is 24.2 Å². The number of methoxy groups -OCH3 is 1. The van der Waals surface area contributed by atoms with Crippen LogP contribution in [0.2, 0.25) is 5.02 Å². The van der Waals surface area contributed by atoms with Crippen molar-refractivity contribution in [2.24, 2.45) is 4.99 Å². The lowest BCUT2D eigenvalue weighted by Gasteiger charge is -2.14. The van der Waals surface area contributed by atoms with Gasteiger partial charge in [-0.2, -0.15) is 0 Å². The first-order valence-electron chi connectivity index (χ1n) is 9.47. The van der Waals surface area contributed by atoms with E-state index in [-0.39, 0.29) is 29.9 Å². The molecule has 2 aromatic carbocycles. The zero-order chi connectivity index (χ0) is 21.1. The van der Waals surface area contributed by atoms with Gasteiger partial charge in [0.25, 0.3) is 5.91 Å². The van der Waals surface area contributed by atoms with Crippen molar-refractivity contribution in [2.45, 2.75) is 13.8 Å². The second-order valence-corrected chi connectivity index (χ2v) is 6.33. The Bertz CT molecular complexity index is 849. The van der Waals surface area contributed by atoms with E-state index in [2.05, 4.69) is 20.9 Å². The molecule has 0 heterocycles. The van der Waals surface area contributed by atoms with Crippen LogP contribution in [0.25, 0.3) is 0 Å². The topological polar surface area (TPSA) is 84.0 Å². The van der Waals surface area contributed by atoms with Gasteiger partial charge in [0.1, 0.15) is 0 Å². The molecule has 30 heavy (non-hydrogen) atoms. The number of rotatable bonds is 9. The van der Waals surface area contributed by atoms with Crippen LogP contribution in [0.4, 0.5) is 5.69 Å². The summed E-state index contributed by atoms with van der Waals surface area (Å²) >= 11 is 6.04. The molecule has 2 aromatic rings. The third-order valence-corrected chi connectivity index (χ3v) is 4.19. The molecular weight excluding hydrogens is 519 g/mol. The van der Waals surface area contributed by atoms with Crippen LogP contribution in [0.15, 0.2) is 47.5 Å². The van der Waals surface area contributed by atoms with Crippen molar-refractivity contribution in [3.8, 4) is 11.5 Å².